The summed E-state index contributed by atoms with van der Waals surface area (Å²) < 4.78 is 20.0. The number of likely N-dealkylation sites (tertiary alicyclic amines) is 1. The van der Waals surface area contributed by atoms with E-state index in [0.717, 1.165) is 90.4 Å². The predicted molar refractivity (Wildman–Crippen MR) is 229 cm³/mol. The van der Waals surface area contributed by atoms with Gasteiger partial charge < -0.3 is 34.3 Å². The number of aryl methyl sites for hydroxylation is 1. The smallest absolute Gasteiger partial charge is 0.317 e. The van der Waals surface area contributed by atoms with E-state index >= 15 is 0 Å². The van der Waals surface area contributed by atoms with E-state index in [-0.39, 0.29) is 30.1 Å². The molecule has 5 heterocycles. The van der Waals surface area contributed by atoms with Gasteiger partial charge in [-0.3, -0.25) is 33.9 Å². The van der Waals surface area contributed by atoms with E-state index in [1.54, 1.807) is 56.0 Å². The van der Waals surface area contributed by atoms with Crippen LogP contribution >= 0.6 is 0 Å². The zero-order valence-electron chi connectivity index (χ0n) is 36.3. The van der Waals surface area contributed by atoms with E-state index in [1.165, 1.54) is 0 Å². The maximum Gasteiger partial charge on any atom is 0.317 e. The molecule has 326 valence electrons. The van der Waals surface area contributed by atoms with Gasteiger partial charge in [0.15, 0.2) is 0 Å². The molecule has 2 saturated heterocycles. The van der Waals surface area contributed by atoms with Crippen LogP contribution in [0, 0.1) is 5.92 Å². The molecule has 1 saturated carbocycles. The van der Waals surface area contributed by atoms with Gasteiger partial charge in [0, 0.05) is 82.5 Å². The minimum atomic E-state index is -0.768. The Balaban J connectivity index is 0.867. The average molecular weight is 838 g/mol. The fourth-order valence-electron chi connectivity index (χ4n) is 10.0. The van der Waals surface area contributed by atoms with E-state index in [9.17, 15) is 24.0 Å². The van der Waals surface area contributed by atoms with E-state index in [2.05, 4.69) is 34.3 Å². The third-order valence-electron chi connectivity index (χ3n) is 13.5. The van der Waals surface area contributed by atoms with Gasteiger partial charge in [0.05, 0.1) is 37.5 Å². The summed E-state index contributed by atoms with van der Waals surface area (Å²) >= 11 is 0. The lowest BCUT2D eigenvalue weighted by atomic mass is 9.85. The number of hydrogen-bond acceptors (Lipinski definition) is 10. The number of imide groups is 1. The number of amides is 5. The van der Waals surface area contributed by atoms with Crippen molar-refractivity contribution < 1.29 is 33.4 Å². The first kappa shape index (κ1) is 42.3. The number of urea groups is 1. The summed E-state index contributed by atoms with van der Waals surface area (Å²) in [7, 11) is 6.72. The third kappa shape index (κ3) is 8.21. The summed E-state index contributed by atoms with van der Waals surface area (Å²) in [6.07, 6.45) is 7.61. The second kappa shape index (κ2) is 17.5. The van der Waals surface area contributed by atoms with Crippen LogP contribution in [-0.4, -0.2) is 126 Å². The van der Waals surface area contributed by atoms with Gasteiger partial charge in [-0.15, -0.1) is 0 Å². The standard InChI is InChI=1S/C46H59N7O8/c1-27(2)52(30-20-32(21-30)61-31-9-10-34-35(22-31)45(57)53(44(34)56)39-8-7-14-48-42(39)54)23-28-11-15-50(16-12-28)25-38-40(59-5)18-29(19-41(38)60-6)36-24-49(4)43(55)37-26-51(46(58)47-3)17-13-33(36)37/h9-10,18-19,22,24,27-28,30,32,39H,7-8,11-17,20-21,23,25-26H2,1-6H3,(H,47,58)(H,48,54). The number of hydrogen-bond donors (Lipinski definition) is 2. The number of aromatic nitrogens is 1. The Bertz CT molecular complexity index is 2240. The Morgan fingerprint density at radius 2 is 1.62 bits per heavy atom. The van der Waals surface area contributed by atoms with Crippen LogP contribution in [0.4, 0.5) is 4.79 Å². The number of benzene rings is 2. The largest absolute Gasteiger partial charge is 0.496 e. The molecule has 0 spiro atoms. The number of fused-ring (bicyclic) bond motifs is 2. The molecular weight excluding hydrogens is 779 g/mol. The molecule has 5 aliphatic rings. The van der Waals surface area contributed by atoms with Gasteiger partial charge >= 0.3 is 6.03 Å². The molecule has 3 aromatic rings. The monoisotopic (exact) mass is 837 g/mol. The molecule has 61 heavy (non-hydrogen) atoms. The molecule has 1 unspecified atom stereocenters. The second-order valence-corrected chi connectivity index (χ2v) is 17.5. The van der Waals surface area contributed by atoms with Crippen molar-refractivity contribution in [3.8, 4) is 28.4 Å². The predicted octanol–water partition coefficient (Wildman–Crippen LogP) is 4.17. The third-order valence-corrected chi connectivity index (χ3v) is 13.5. The fourth-order valence-corrected chi connectivity index (χ4v) is 10.0. The summed E-state index contributed by atoms with van der Waals surface area (Å²) in [6.45, 7) is 9.50. The minimum Gasteiger partial charge on any atom is -0.496 e. The zero-order valence-corrected chi connectivity index (χ0v) is 36.3. The number of rotatable bonds is 12. The van der Waals surface area contributed by atoms with Crippen molar-refractivity contribution in [2.24, 2.45) is 13.0 Å². The first-order chi connectivity index (χ1) is 29.4. The van der Waals surface area contributed by atoms with Crippen molar-refractivity contribution in [1.82, 2.24) is 34.8 Å². The highest BCUT2D eigenvalue weighted by atomic mass is 16.5. The average Bonchev–Trinajstić information content (AvgIpc) is 3.50. The Morgan fingerprint density at radius 1 is 0.918 bits per heavy atom. The molecule has 0 radical (unpaired) electrons. The number of carbonyl (C=O) groups excluding carboxylic acids is 4. The number of carbonyl (C=O) groups is 4. The van der Waals surface area contributed by atoms with Gasteiger partial charge in [0.25, 0.3) is 17.4 Å². The summed E-state index contributed by atoms with van der Waals surface area (Å²) in [5.74, 6) is 1.50. The first-order valence-corrected chi connectivity index (χ1v) is 21.8. The highest BCUT2D eigenvalue weighted by Gasteiger charge is 2.44. The van der Waals surface area contributed by atoms with Crippen LogP contribution in [0.2, 0.25) is 0 Å². The van der Waals surface area contributed by atoms with Crippen LogP contribution in [0.25, 0.3) is 11.1 Å². The van der Waals surface area contributed by atoms with Crippen molar-refractivity contribution in [2.45, 2.75) is 96.1 Å². The van der Waals surface area contributed by atoms with Crippen LogP contribution in [0.5, 0.6) is 17.2 Å². The number of ether oxygens (including phenoxy) is 3. The summed E-state index contributed by atoms with van der Waals surface area (Å²) in [5, 5.41) is 5.45. The van der Waals surface area contributed by atoms with Crippen molar-refractivity contribution in [1.29, 1.82) is 0 Å². The van der Waals surface area contributed by atoms with Gasteiger partial charge in [0.1, 0.15) is 29.4 Å². The SMILES string of the molecule is CNC(=O)N1CCc2c(-c3cc(OC)c(CN4CCC(CN(C(C)C)C5CC(Oc6ccc7c(c6)C(=O)N(C6CCCNC6=O)C7=O)C5)CC4)c(OC)c3)cn(C)c(=O)c2C1. The molecule has 2 aromatic carbocycles. The van der Waals surface area contributed by atoms with Gasteiger partial charge in [0.2, 0.25) is 5.91 Å². The Labute approximate surface area is 357 Å². The van der Waals surface area contributed by atoms with Gasteiger partial charge in [-0.05, 0) is 106 Å². The van der Waals surface area contributed by atoms with Gasteiger partial charge in [-0.1, -0.05) is 0 Å². The maximum absolute atomic E-state index is 13.3. The summed E-state index contributed by atoms with van der Waals surface area (Å²) in [4.78, 5) is 72.5. The molecule has 15 nitrogen and oxygen atoms in total. The molecule has 1 aliphatic carbocycles. The Morgan fingerprint density at radius 3 is 2.28 bits per heavy atom. The van der Waals surface area contributed by atoms with E-state index < -0.39 is 17.9 Å². The molecule has 5 amide bonds. The van der Waals surface area contributed by atoms with Crippen LogP contribution in [0.3, 0.4) is 0 Å². The van der Waals surface area contributed by atoms with E-state index in [4.69, 9.17) is 14.2 Å². The number of pyridine rings is 1. The molecular formula is C46H59N7O8. The van der Waals surface area contributed by atoms with Crippen LogP contribution < -0.4 is 30.4 Å². The molecule has 3 fully saturated rings. The van der Waals surface area contributed by atoms with Gasteiger partial charge in [-0.25, -0.2) is 4.79 Å². The zero-order chi connectivity index (χ0) is 43.1. The minimum absolute atomic E-state index is 0.0218. The molecule has 1 aromatic heterocycles. The van der Waals surface area contributed by atoms with Crippen LogP contribution in [0.1, 0.15) is 89.8 Å². The van der Waals surface area contributed by atoms with Crippen molar-refractivity contribution >= 4 is 23.8 Å². The second-order valence-electron chi connectivity index (χ2n) is 17.5. The number of piperidine rings is 2. The van der Waals surface area contributed by atoms with Gasteiger partial charge in [-0.2, -0.15) is 0 Å². The van der Waals surface area contributed by atoms with Crippen molar-refractivity contribution in [2.75, 3.05) is 54.0 Å². The lowest BCUT2D eigenvalue weighted by Crippen LogP contribution is -2.53. The quantitative estimate of drug-likeness (QED) is 0.254. The molecule has 15 heteroatoms. The number of nitrogens with one attached hydrogen (secondary N) is 2. The Hall–Kier alpha value is -5.41. The molecule has 8 rings (SSSR count). The van der Waals surface area contributed by atoms with Crippen molar-refractivity contribution in [3.63, 3.8) is 0 Å². The lowest BCUT2D eigenvalue weighted by molar-refractivity contribution is -0.126. The molecule has 0 bridgehead atoms. The number of nitrogens with zero attached hydrogens (tertiary/aromatic N) is 5. The number of methoxy groups -OCH3 is 2. The van der Waals surface area contributed by atoms with E-state index in [1.807, 2.05) is 18.3 Å². The lowest BCUT2D eigenvalue weighted by Gasteiger charge is -2.46. The molecule has 4 aliphatic heterocycles. The summed E-state index contributed by atoms with van der Waals surface area (Å²) in [5.41, 5.74) is 4.96. The molecule has 1 atom stereocenters. The summed E-state index contributed by atoms with van der Waals surface area (Å²) in [6, 6.07) is 9.00. The maximum atomic E-state index is 13.3. The molecule has 2 N–H and O–H groups in total. The van der Waals surface area contributed by atoms with Crippen LogP contribution in [0.15, 0.2) is 41.3 Å². The van der Waals surface area contributed by atoms with Crippen molar-refractivity contribution in [3.05, 3.63) is 74.7 Å². The highest BCUT2D eigenvalue weighted by molar-refractivity contribution is 6.23. The normalized spacial score (nSPS) is 21.9. The highest BCUT2D eigenvalue weighted by Crippen LogP contribution is 2.40. The van der Waals surface area contributed by atoms with Crippen LogP contribution in [-0.2, 0) is 31.4 Å². The fraction of sp³-hybridized carbons (Fsp3) is 0.543. The first-order valence-electron chi connectivity index (χ1n) is 21.8. The topological polar surface area (TPSA) is 155 Å². The Kier molecular flexibility index (Phi) is 12.1. The van der Waals surface area contributed by atoms with E-state index in [0.29, 0.717) is 72.9 Å².